The van der Waals surface area contributed by atoms with Crippen LogP contribution in [0.15, 0.2) is 60.9 Å². The first kappa shape index (κ1) is 22.5. The monoisotopic (exact) mass is 462 g/mol. The smallest absolute Gasteiger partial charge is 0.420 e. The number of carbonyl (C=O) groups is 2. The number of nitrogens with zero attached hydrogens (tertiary/aromatic N) is 4. The van der Waals surface area contributed by atoms with Crippen molar-refractivity contribution in [2.75, 3.05) is 4.90 Å². The molecule has 0 N–H and O–H groups in total. The number of hydrogen-bond donors (Lipinski definition) is 0. The zero-order valence-corrected chi connectivity index (χ0v) is 19.5. The Hall–Kier alpha value is -3.71. The number of imidazole rings is 1. The molecule has 0 aliphatic rings. The molecular formula is C25H23ClN4O3. The van der Waals surface area contributed by atoms with Crippen LogP contribution in [0.3, 0.4) is 0 Å². The van der Waals surface area contributed by atoms with Gasteiger partial charge in [0.1, 0.15) is 11.1 Å². The predicted octanol–water partition coefficient (Wildman–Crippen LogP) is 6.24. The van der Waals surface area contributed by atoms with Crippen LogP contribution in [0.25, 0.3) is 16.8 Å². The van der Waals surface area contributed by atoms with E-state index in [0.29, 0.717) is 28.2 Å². The maximum Gasteiger partial charge on any atom is 0.420 e. The first-order chi connectivity index (χ1) is 15.7. The van der Waals surface area contributed by atoms with E-state index < -0.39 is 11.7 Å². The molecule has 4 aromatic rings. The van der Waals surface area contributed by atoms with Crippen molar-refractivity contribution < 1.29 is 14.3 Å². The second-order valence-electron chi connectivity index (χ2n) is 8.53. The summed E-state index contributed by atoms with van der Waals surface area (Å²) in [4.78, 5) is 35.6. The summed E-state index contributed by atoms with van der Waals surface area (Å²) in [7, 11) is 0. The van der Waals surface area contributed by atoms with Crippen LogP contribution >= 0.6 is 11.6 Å². The largest absolute Gasteiger partial charge is 0.443 e. The van der Waals surface area contributed by atoms with Crippen molar-refractivity contribution in [1.82, 2.24) is 14.4 Å². The fourth-order valence-electron chi connectivity index (χ4n) is 3.50. The lowest BCUT2D eigenvalue weighted by atomic mass is 10.1. The SMILES string of the molecule is Cc1cccc(Cl)c1N(C(=O)OC(C)(C)C)c1nc(-c2ccccc2)cn2c(C=O)ncc12. The van der Waals surface area contributed by atoms with Gasteiger partial charge < -0.3 is 4.74 Å². The highest BCUT2D eigenvalue weighted by molar-refractivity contribution is 6.34. The van der Waals surface area contributed by atoms with Crippen molar-refractivity contribution in [3.8, 4) is 11.3 Å². The molecule has 0 fully saturated rings. The average Bonchev–Trinajstić information content (AvgIpc) is 3.18. The number of para-hydroxylation sites is 1. The Bertz CT molecular complexity index is 1320. The molecule has 0 spiro atoms. The molecule has 33 heavy (non-hydrogen) atoms. The summed E-state index contributed by atoms with van der Waals surface area (Å²) < 4.78 is 7.35. The van der Waals surface area contributed by atoms with Crippen LogP contribution in [0.4, 0.5) is 16.3 Å². The van der Waals surface area contributed by atoms with Crippen LogP contribution in [0.1, 0.15) is 37.0 Å². The third kappa shape index (κ3) is 4.45. The maximum absolute atomic E-state index is 13.5. The van der Waals surface area contributed by atoms with Gasteiger partial charge in [0.2, 0.25) is 0 Å². The lowest BCUT2D eigenvalue weighted by Crippen LogP contribution is -2.35. The molecule has 0 unspecified atom stereocenters. The molecule has 8 heteroatoms. The van der Waals surface area contributed by atoms with Crippen LogP contribution in [-0.4, -0.2) is 32.3 Å². The number of anilines is 2. The van der Waals surface area contributed by atoms with Gasteiger partial charge in [-0.3, -0.25) is 9.20 Å². The van der Waals surface area contributed by atoms with Gasteiger partial charge in [-0.05, 0) is 39.3 Å². The molecule has 7 nitrogen and oxygen atoms in total. The van der Waals surface area contributed by atoms with E-state index in [4.69, 9.17) is 21.3 Å². The number of benzene rings is 2. The molecule has 2 aromatic carbocycles. The number of carbonyl (C=O) groups excluding carboxylic acids is 2. The second-order valence-corrected chi connectivity index (χ2v) is 8.93. The Labute approximate surface area is 196 Å². The minimum Gasteiger partial charge on any atom is -0.443 e. The third-order valence-electron chi connectivity index (χ3n) is 4.91. The van der Waals surface area contributed by atoms with Gasteiger partial charge in [-0.25, -0.2) is 19.7 Å². The molecule has 0 saturated heterocycles. The molecule has 168 valence electrons. The van der Waals surface area contributed by atoms with Gasteiger partial charge in [-0.1, -0.05) is 54.1 Å². The van der Waals surface area contributed by atoms with E-state index in [9.17, 15) is 9.59 Å². The van der Waals surface area contributed by atoms with Gasteiger partial charge in [0, 0.05) is 11.8 Å². The van der Waals surface area contributed by atoms with Crippen LogP contribution in [-0.2, 0) is 4.74 Å². The molecule has 0 radical (unpaired) electrons. The van der Waals surface area contributed by atoms with Crippen molar-refractivity contribution in [3.63, 3.8) is 0 Å². The van der Waals surface area contributed by atoms with Crippen molar-refractivity contribution in [3.05, 3.63) is 77.3 Å². The van der Waals surface area contributed by atoms with E-state index >= 15 is 0 Å². The molecule has 1 amide bonds. The van der Waals surface area contributed by atoms with Crippen LogP contribution in [0.5, 0.6) is 0 Å². The zero-order chi connectivity index (χ0) is 23.8. The fraction of sp³-hybridized carbons (Fsp3) is 0.200. The Balaban J connectivity index is 2.05. The normalized spacial score (nSPS) is 11.4. The number of fused-ring (bicyclic) bond motifs is 1. The minimum atomic E-state index is -0.758. The van der Waals surface area contributed by atoms with Crippen molar-refractivity contribution in [2.45, 2.75) is 33.3 Å². The standard InChI is InChI=1S/C25H23ClN4O3/c1-16-9-8-12-18(26)22(16)30(24(32)33-25(2,3)4)23-20-13-27-21(15-31)29(20)14-19(28-23)17-10-6-5-7-11-17/h5-15H,1-4H3. The number of aryl methyl sites for hydroxylation is 1. The molecule has 0 bridgehead atoms. The Morgan fingerprint density at radius 2 is 1.85 bits per heavy atom. The summed E-state index contributed by atoms with van der Waals surface area (Å²) >= 11 is 6.57. The maximum atomic E-state index is 13.5. The highest BCUT2D eigenvalue weighted by atomic mass is 35.5. The molecular weight excluding hydrogens is 440 g/mol. The Morgan fingerprint density at radius 1 is 1.12 bits per heavy atom. The predicted molar refractivity (Wildman–Crippen MR) is 128 cm³/mol. The lowest BCUT2D eigenvalue weighted by Gasteiger charge is -2.29. The topological polar surface area (TPSA) is 76.8 Å². The van der Waals surface area contributed by atoms with E-state index in [2.05, 4.69) is 4.98 Å². The van der Waals surface area contributed by atoms with Crippen LogP contribution in [0.2, 0.25) is 5.02 Å². The van der Waals surface area contributed by atoms with Gasteiger partial charge in [0.05, 0.1) is 22.6 Å². The summed E-state index contributed by atoms with van der Waals surface area (Å²) in [6.45, 7) is 7.21. The number of aromatic nitrogens is 3. The molecule has 0 aliphatic carbocycles. The number of hydrogen-bond acceptors (Lipinski definition) is 5. The fourth-order valence-corrected chi connectivity index (χ4v) is 3.80. The number of ether oxygens (including phenoxy) is 1. The van der Waals surface area contributed by atoms with Gasteiger partial charge in [-0.2, -0.15) is 0 Å². The minimum absolute atomic E-state index is 0.186. The van der Waals surface area contributed by atoms with Gasteiger partial charge in [0.15, 0.2) is 17.9 Å². The second kappa shape index (κ2) is 8.67. The molecule has 2 aromatic heterocycles. The first-order valence-corrected chi connectivity index (χ1v) is 10.7. The summed E-state index contributed by atoms with van der Waals surface area (Å²) in [5.74, 6) is 0.438. The summed E-state index contributed by atoms with van der Waals surface area (Å²) in [6, 6.07) is 14.8. The van der Waals surface area contributed by atoms with Crippen LogP contribution in [0, 0.1) is 6.92 Å². The molecule has 2 heterocycles. The number of rotatable bonds is 4. The van der Waals surface area contributed by atoms with Gasteiger partial charge >= 0.3 is 6.09 Å². The van der Waals surface area contributed by atoms with Crippen molar-refractivity contribution in [2.24, 2.45) is 0 Å². The van der Waals surface area contributed by atoms with E-state index in [1.54, 1.807) is 43.5 Å². The van der Waals surface area contributed by atoms with Crippen molar-refractivity contribution in [1.29, 1.82) is 0 Å². The van der Waals surface area contributed by atoms with Crippen molar-refractivity contribution >= 4 is 41.0 Å². The first-order valence-electron chi connectivity index (χ1n) is 10.4. The third-order valence-corrected chi connectivity index (χ3v) is 5.21. The summed E-state index contributed by atoms with van der Waals surface area (Å²) in [6.07, 6.45) is 3.23. The Kier molecular flexibility index (Phi) is 5.91. The zero-order valence-electron chi connectivity index (χ0n) is 18.7. The van der Waals surface area contributed by atoms with Gasteiger partial charge in [0.25, 0.3) is 0 Å². The Morgan fingerprint density at radius 3 is 2.48 bits per heavy atom. The molecule has 0 atom stereocenters. The van der Waals surface area contributed by atoms with Gasteiger partial charge in [-0.15, -0.1) is 0 Å². The number of halogens is 1. The quantitative estimate of drug-likeness (QED) is 0.335. The number of aldehydes is 1. The van der Waals surface area contributed by atoms with E-state index in [0.717, 1.165) is 11.1 Å². The van der Waals surface area contributed by atoms with E-state index in [1.807, 2.05) is 43.3 Å². The van der Waals surface area contributed by atoms with E-state index in [1.165, 1.54) is 11.1 Å². The summed E-state index contributed by atoms with van der Waals surface area (Å²) in [5, 5.41) is 0.362. The molecule has 4 rings (SSSR count). The molecule has 0 saturated carbocycles. The summed E-state index contributed by atoms with van der Waals surface area (Å²) in [5.41, 5.74) is 2.27. The number of amides is 1. The van der Waals surface area contributed by atoms with E-state index in [-0.39, 0.29) is 11.6 Å². The average molecular weight is 463 g/mol. The van der Waals surface area contributed by atoms with Crippen LogP contribution < -0.4 is 4.90 Å². The molecule has 0 aliphatic heterocycles. The highest BCUT2D eigenvalue weighted by Gasteiger charge is 2.31. The highest BCUT2D eigenvalue weighted by Crippen LogP contribution is 2.38. The lowest BCUT2D eigenvalue weighted by molar-refractivity contribution is 0.0598.